The van der Waals surface area contributed by atoms with Crippen molar-refractivity contribution in [2.24, 2.45) is 0 Å². The van der Waals surface area contributed by atoms with E-state index in [2.05, 4.69) is 47.5 Å². The predicted octanol–water partition coefficient (Wildman–Crippen LogP) is 3.72. The summed E-state index contributed by atoms with van der Waals surface area (Å²) in [6.45, 7) is 14.4. The molecule has 1 fully saturated rings. The van der Waals surface area contributed by atoms with Crippen LogP contribution in [-0.2, 0) is 24.2 Å². The van der Waals surface area contributed by atoms with Crippen LogP contribution in [0, 0.1) is 0 Å². The molecule has 1 saturated heterocycles. The lowest BCUT2D eigenvalue weighted by molar-refractivity contribution is -0.0401. The molecule has 0 spiro atoms. The topological polar surface area (TPSA) is 67.5 Å². The quantitative estimate of drug-likeness (QED) is 0.650. The number of hydrogen-bond acceptors (Lipinski definition) is 7. The Balaban J connectivity index is 1.68. The van der Waals surface area contributed by atoms with Crippen molar-refractivity contribution in [1.82, 2.24) is 19.9 Å². The van der Waals surface area contributed by atoms with Crippen LogP contribution in [0.4, 0.5) is 5.82 Å². The Hall–Kier alpha value is -2.25. The molecule has 30 heavy (non-hydrogen) atoms. The number of rotatable bonds is 4. The summed E-state index contributed by atoms with van der Waals surface area (Å²) in [5, 5.41) is 1.05. The van der Waals surface area contributed by atoms with E-state index >= 15 is 0 Å². The van der Waals surface area contributed by atoms with Gasteiger partial charge in [0.2, 0.25) is 5.71 Å². The first-order valence-electron chi connectivity index (χ1n) is 11.2. The van der Waals surface area contributed by atoms with E-state index in [1.807, 2.05) is 0 Å². The highest BCUT2D eigenvalue weighted by Gasteiger charge is 2.32. The molecule has 0 bridgehead atoms. The minimum Gasteiger partial charge on any atom is -0.432 e. The molecule has 160 valence electrons. The molecular formula is C23H31N5O2. The van der Waals surface area contributed by atoms with E-state index in [0.717, 1.165) is 80.0 Å². The molecule has 5 heterocycles. The molecular weight excluding hydrogens is 378 g/mol. The highest BCUT2D eigenvalue weighted by atomic mass is 16.5. The maximum atomic E-state index is 6.38. The molecule has 0 aliphatic carbocycles. The molecule has 0 atom stereocenters. The van der Waals surface area contributed by atoms with E-state index < -0.39 is 0 Å². The second kappa shape index (κ2) is 7.46. The summed E-state index contributed by atoms with van der Waals surface area (Å²) < 4.78 is 12.5. The number of nitrogens with zero attached hydrogens (tertiary/aromatic N) is 5. The number of anilines is 1. The highest BCUT2D eigenvalue weighted by molar-refractivity contribution is 6.06. The Labute approximate surface area is 177 Å². The van der Waals surface area contributed by atoms with Crippen LogP contribution in [0.5, 0.6) is 0 Å². The smallest absolute Gasteiger partial charge is 0.229 e. The van der Waals surface area contributed by atoms with Gasteiger partial charge in [-0.3, -0.25) is 0 Å². The van der Waals surface area contributed by atoms with Crippen molar-refractivity contribution in [2.45, 2.75) is 59.2 Å². The number of pyridine rings is 1. The third-order valence-corrected chi connectivity index (χ3v) is 6.50. The Morgan fingerprint density at radius 1 is 1.07 bits per heavy atom. The molecule has 0 unspecified atom stereocenters. The van der Waals surface area contributed by atoms with E-state index in [4.69, 9.17) is 14.1 Å². The van der Waals surface area contributed by atoms with Crippen LogP contribution in [-0.4, -0.2) is 58.2 Å². The first-order chi connectivity index (χ1) is 14.5. The minimum atomic E-state index is -0.208. The van der Waals surface area contributed by atoms with Gasteiger partial charge in [-0.05, 0) is 32.4 Å². The Morgan fingerprint density at radius 2 is 1.87 bits per heavy atom. The average Bonchev–Trinajstić information content (AvgIpc) is 3.12. The predicted molar refractivity (Wildman–Crippen MR) is 118 cm³/mol. The van der Waals surface area contributed by atoms with Crippen LogP contribution < -0.4 is 4.90 Å². The molecule has 7 nitrogen and oxygen atoms in total. The van der Waals surface area contributed by atoms with Gasteiger partial charge in [-0.15, -0.1) is 0 Å². The molecule has 5 rings (SSSR count). The number of ether oxygens (including phenoxy) is 1. The number of piperazine rings is 1. The minimum absolute atomic E-state index is 0.208. The van der Waals surface area contributed by atoms with Gasteiger partial charge in [0.15, 0.2) is 11.4 Å². The fraction of sp³-hybridized carbons (Fsp3) is 0.609. The molecule has 0 N–H and O–H groups in total. The van der Waals surface area contributed by atoms with Crippen LogP contribution in [0.15, 0.2) is 10.7 Å². The standard InChI is InChI=1S/C23H31N5O2/c1-5-7-17-16-13-29-23(3,4)12-15(16)18-19-20(30-22(18)26-17)21(25-14-24-19)28-10-8-27(6-2)9-11-28/h14H,5-13H2,1-4H3. The first-order valence-corrected chi connectivity index (χ1v) is 11.2. The lowest BCUT2D eigenvalue weighted by atomic mass is 9.88. The number of aromatic nitrogens is 3. The number of fused-ring (bicyclic) bond motifs is 5. The van der Waals surface area contributed by atoms with Gasteiger partial charge in [0.1, 0.15) is 11.8 Å². The van der Waals surface area contributed by atoms with Gasteiger partial charge in [0.25, 0.3) is 0 Å². The lowest BCUT2D eigenvalue weighted by Crippen LogP contribution is -2.46. The lowest BCUT2D eigenvalue weighted by Gasteiger charge is -2.34. The molecule has 0 aromatic carbocycles. The van der Waals surface area contributed by atoms with Crippen molar-refractivity contribution in [1.29, 1.82) is 0 Å². The van der Waals surface area contributed by atoms with Gasteiger partial charge in [0, 0.05) is 38.2 Å². The zero-order valence-corrected chi connectivity index (χ0v) is 18.5. The van der Waals surface area contributed by atoms with Crippen molar-refractivity contribution in [3.05, 3.63) is 23.1 Å². The Kier molecular flexibility index (Phi) is 4.90. The molecule has 7 heteroatoms. The normalized spacial score (nSPS) is 19.5. The summed E-state index contributed by atoms with van der Waals surface area (Å²) in [5.41, 5.74) is 5.75. The van der Waals surface area contributed by atoms with Crippen molar-refractivity contribution < 1.29 is 9.15 Å². The third-order valence-electron chi connectivity index (χ3n) is 6.50. The second-order valence-electron chi connectivity index (χ2n) is 9.07. The maximum Gasteiger partial charge on any atom is 0.229 e. The zero-order valence-electron chi connectivity index (χ0n) is 18.5. The first kappa shape index (κ1) is 19.7. The Morgan fingerprint density at radius 3 is 2.60 bits per heavy atom. The fourth-order valence-electron chi connectivity index (χ4n) is 4.81. The largest absolute Gasteiger partial charge is 0.432 e. The summed E-state index contributed by atoms with van der Waals surface area (Å²) in [4.78, 5) is 19.0. The summed E-state index contributed by atoms with van der Waals surface area (Å²) in [7, 11) is 0. The van der Waals surface area contributed by atoms with Crippen molar-refractivity contribution in [3.63, 3.8) is 0 Å². The van der Waals surface area contributed by atoms with Crippen LogP contribution >= 0.6 is 0 Å². The van der Waals surface area contributed by atoms with Crippen molar-refractivity contribution in [2.75, 3.05) is 37.6 Å². The molecule has 3 aromatic rings. The van der Waals surface area contributed by atoms with E-state index in [0.29, 0.717) is 12.3 Å². The molecule has 2 aliphatic rings. The van der Waals surface area contributed by atoms with Gasteiger partial charge in [-0.25, -0.2) is 15.0 Å². The summed E-state index contributed by atoms with van der Waals surface area (Å²) >= 11 is 0. The number of aryl methyl sites for hydroxylation is 1. The number of likely N-dealkylation sites (N-methyl/N-ethyl adjacent to an activating group) is 1. The van der Waals surface area contributed by atoms with Gasteiger partial charge < -0.3 is 19.0 Å². The zero-order chi connectivity index (χ0) is 20.9. The SMILES string of the molecule is CCCc1nc2oc3c(N4CCN(CC)CC4)ncnc3c2c2c1COC(C)(C)C2. The van der Waals surface area contributed by atoms with E-state index in [1.54, 1.807) is 6.33 Å². The number of furan rings is 1. The van der Waals surface area contributed by atoms with Gasteiger partial charge in [-0.1, -0.05) is 20.3 Å². The van der Waals surface area contributed by atoms with Gasteiger partial charge in [-0.2, -0.15) is 0 Å². The van der Waals surface area contributed by atoms with Gasteiger partial charge in [0.05, 0.1) is 23.3 Å². The summed E-state index contributed by atoms with van der Waals surface area (Å²) in [6, 6.07) is 0. The summed E-state index contributed by atoms with van der Waals surface area (Å²) in [5.74, 6) is 0.894. The molecule has 0 saturated carbocycles. The highest BCUT2D eigenvalue weighted by Crippen LogP contribution is 2.40. The fourth-order valence-corrected chi connectivity index (χ4v) is 4.81. The maximum absolute atomic E-state index is 6.38. The molecule has 0 amide bonds. The Bertz CT molecular complexity index is 1080. The van der Waals surface area contributed by atoms with Crippen molar-refractivity contribution in [3.8, 4) is 0 Å². The van der Waals surface area contributed by atoms with E-state index in [1.165, 1.54) is 11.1 Å². The monoisotopic (exact) mass is 409 g/mol. The average molecular weight is 410 g/mol. The number of hydrogen-bond donors (Lipinski definition) is 0. The van der Waals surface area contributed by atoms with Crippen LogP contribution in [0.3, 0.4) is 0 Å². The van der Waals surface area contributed by atoms with Crippen LogP contribution in [0.25, 0.3) is 22.2 Å². The van der Waals surface area contributed by atoms with E-state index in [9.17, 15) is 0 Å². The van der Waals surface area contributed by atoms with Crippen LogP contribution in [0.1, 0.15) is 50.9 Å². The second-order valence-corrected chi connectivity index (χ2v) is 9.07. The molecule has 3 aromatic heterocycles. The van der Waals surface area contributed by atoms with Crippen molar-refractivity contribution >= 4 is 28.0 Å². The third kappa shape index (κ3) is 3.24. The van der Waals surface area contributed by atoms with Gasteiger partial charge >= 0.3 is 0 Å². The summed E-state index contributed by atoms with van der Waals surface area (Å²) in [6.07, 6.45) is 4.48. The van der Waals surface area contributed by atoms with E-state index in [-0.39, 0.29) is 5.60 Å². The van der Waals surface area contributed by atoms with Crippen LogP contribution in [0.2, 0.25) is 0 Å². The molecule has 2 aliphatic heterocycles. The molecule has 0 radical (unpaired) electrons.